The number of aliphatic hydroxyl groups excluding tert-OH is 2. The number of pyridine rings is 2. The second-order valence-corrected chi connectivity index (χ2v) is 14.8. The van der Waals surface area contributed by atoms with Gasteiger partial charge in [-0.3, -0.25) is 9.97 Å². The Morgan fingerprint density at radius 2 is 0.877 bits per heavy atom. The highest BCUT2D eigenvalue weighted by Gasteiger charge is 2.18. The van der Waals surface area contributed by atoms with Gasteiger partial charge in [0, 0.05) is 35.6 Å². The van der Waals surface area contributed by atoms with Gasteiger partial charge in [0.2, 0.25) is 0 Å². The molecule has 0 saturated carbocycles. The van der Waals surface area contributed by atoms with E-state index in [1.54, 1.807) is 12.4 Å². The molecule has 4 heterocycles. The molecule has 0 unspecified atom stereocenters. The van der Waals surface area contributed by atoms with Crippen LogP contribution >= 0.6 is 12.4 Å². The fourth-order valence-electron chi connectivity index (χ4n) is 6.90. The molecule has 2 aliphatic heterocycles. The van der Waals surface area contributed by atoms with Crippen molar-refractivity contribution in [1.82, 2.24) is 20.6 Å². The van der Waals surface area contributed by atoms with Gasteiger partial charge in [0.1, 0.15) is 24.7 Å². The molecule has 57 heavy (non-hydrogen) atoms. The number of rotatable bonds is 16. The molecule has 8 rings (SSSR count). The van der Waals surface area contributed by atoms with Crippen molar-refractivity contribution in [2.75, 3.05) is 26.3 Å². The molecule has 0 radical (unpaired) electrons. The Morgan fingerprint density at radius 1 is 0.491 bits per heavy atom. The zero-order chi connectivity index (χ0) is 38.4. The number of benzene rings is 4. The van der Waals surface area contributed by atoms with Gasteiger partial charge in [-0.1, -0.05) is 109 Å². The van der Waals surface area contributed by atoms with Crippen LogP contribution in [-0.4, -0.2) is 70.8 Å². The Labute approximate surface area is 342 Å². The van der Waals surface area contributed by atoms with Gasteiger partial charge in [-0.25, -0.2) is 0 Å². The largest absolute Gasteiger partial charge is 0.490 e. The van der Waals surface area contributed by atoms with Gasteiger partial charge in [0.15, 0.2) is 0 Å². The zero-order valence-electron chi connectivity index (χ0n) is 32.3. The van der Waals surface area contributed by atoms with Crippen LogP contribution in [0.5, 0.6) is 11.5 Å². The Bertz CT molecular complexity index is 1950. The summed E-state index contributed by atoms with van der Waals surface area (Å²) in [6, 6.07) is 41.8. The van der Waals surface area contributed by atoms with Gasteiger partial charge in [-0.2, -0.15) is 0 Å². The molecule has 0 amide bonds. The van der Waals surface area contributed by atoms with Crippen LogP contribution in [0.25, 0.3) is 22.3 Å². The van der Waals surface area contributed by atoms with E-state index in [-0.39, 0.29) is 12.4 Å². The van der Waals surface area contributed by atoms with Crippen LogP contribution in [0.4, 0.5) is 0 Å². The molecule has 2 aromatic heterocycles. The predicted octanol–water partition coefficient (Wildman–Crippen LogP) is 7.69. The van der Waals surface area contributed by atoms with Crippen LogP contribution in [0, 0.1) is 0 Å². The summed E-state index contributed by atoms with van der Waals surface area (Å²) in [6.07, 6.45) is 11.3. The summed E-state index contributed by atoms with van der Waals surface area (Å²) < 4.78 is 11.7. The van der Waals surface area contributed by atoms with Crippen LogP contribution in [0.1, 0.15) is 35.1 Å². The number of nitrogens with one attached hydrogen (secondary N) is 2. The first-order valence-electron chi connectivity index (χ1n) is 19.8. The molecule has 9 heteroatoms. The van der Waals surface area contributed by atoms with Crippen molar-refractivity contribution in [3.05, 3.63) is 168 Å². The van der Waals surface area contributed by atoms with Crippen molar-refractivity contribution >= 4 is 12.4 Å². The van der Waals surface area contributed by atoms with Gasteiger partial charge in [0.05, 0.1) is 24.6 Å². The fourth-order valence-corrected chi connectivity index (χ4v) is 6.90. The van der Waals surface area contributed by atoms with Gasteiger partial charge < -0.3 is 30.3 Å². The van der Waals surface area contributed by atoms with E-state index in [0.29, 0.717) is 51.0 Å². The molecule has 296 valence electrons. The van der Waals surface area contributed by atoms with Gasteiger partial charge in [-0.15, -0.1) is 12.4 Å². The third kappa shape index (κ3) is 13.0. The first-order valence-corrected chi connectivity index (χ1v) is 19.8. The highest BCUT2D eigenvalue weighted by Crippen LogP contribution is 2.26. The van der Waals surface area contributed by atoms with Gasteiger partial charge >= 0.3 is 0 Å². The summed E-state index contributed by atoms with van der Waals surface area (Å²) in [5, 5.41) is 27.6. The quantitative estimate of drug-likeness (QED) is 0.0792. The van der Waals surface area contributed by atoms with Crippen LogP contribution in [0.2, 0.25) is 0 Å². The van der Waals surface area contributed by atoms with Crippen LogP contribution in [-0.2, 0) is 25.7 Å². The lowest BCUT2D eigenvalue weighted by molar-refractivity contribution is 0.175. The van der Waals surface area contributed by atoms with E-state index in [0.717, 1.165) is 69.1 Å². The molecule has 4 aromatic carbocycles. The van der Waals surface area contributed by atoms with E-state index in [4.69, 9.17) is 9.47 Å². The lowest BCUT2D eigenvalue weighted by Gasteiger charge is -2.27. The lowest BCUT2D eigenvalue weighted by Crippen LogP contribution is -2.46. The molecule has 0 spiro atoms. The van der Waals surface area contributed by atoms with E-state index < -0.39 is 12.2 Å². The highest BCUT2D eigenvalue weighted by atomic mass is 35.5. The van der Waals surface area contributed by atoms with Crippen LogP contribution < -0.4 is 20.1 Å². The minimum absolute atomic E-state index is 0. The molecular formula is C48H53ClN4O4. The van der Waals surface area contributed by atoms with Crippen molar-refractivity contribution in [3.8, 4) is 33.8 Å². The van der Waals surface area contributed by atoms with Crippen molar-refractivity contribution < 1.29 is 19.7 Å². The summed E-state index contributed by atoms with van der Waals surface area (Å²) in [7, 11) is 0. The second-order valence-electron chi connectivity index (χ2n) is 14.8. The van der Waals surface area contributed by atoms with Gasteiger partial charge in [0.25, 0.3) is 0 Å². The maximum Gasteiger partial charge on any atom is 0.138 e. The van der Waals surface area contributed by atoms with Crippen LogP contribution in [0.3, 0.4) is 0 Å². The smallest absolute Gasteiger partial charge is 0.138 e. The average molecular weight is 785 g/mol. The van der Waals surface area contributed by atoms with E-state index in [2.05, 4.69) is 81.3 Å². The van der Waals surface area contributed by atoms with Crippen molar-refractivity contribution in [2.45, 2.75) is 62.8 Å². The third-order valence-corrected chi connectivity index (χ3v) is 10.3. The minimum Gasteiger partial charge on any atom is -0.490 e. The number of aliphatic hydroxyl groups is 2. The Hall–Kier alpha value is -5.09. The maximum absolute atomic E-state index is 10.5. The average Bonchev–Trinajstić information content (AvgIpc) is 3.18. The van der Waals surface area contributed by atoms with E-state index in [9.17, 15) is 10.2 Å². The highest BCUT2D eigenvalue weighted by molar-refractivity contribution is 5.85. The van der Waals surface area contributed by atoms with Crippen molar-refractivity contribution in [1.29, 1.82) is 0 Å². The lowest BCUT2D eigenvalue weighted by atomic mass is 9.98. The number of nitrogens with zero attached hydrogens (tertiary/aromatic N) is 2. The van der Waals surface area contributed by atoms with E-state index in [1.807, 2.05) is 73.1 Å². The summed E-state index contributed by atoms with van der Waals surface area (Å²) in [5.74, 6) is 1.58. The Kier molecular flexibility index (Phi) is 15.6. The van der Waals surface area contributed by atoms with Crippen molar-refractivity contribution in [3.63, 3.8) is 0 Å². The first kappa shape index (κ1) is 41.5. The first-order chi connectivity index (χ1) is 27.5. The molecule has 2 aliphatic rings. The molecule has 4 N–H and O–H groups in total. The summed E-state index contributed by atoms with van der Waals surface area (Å²) in [6.45, 7) is 3.51. The molecule has 0 bridgehead atoms. The monoisotopic (exact) mass is 784 g/mol. The third-order valence-electron chi connectivity index (χ3n) is 10.3. The summed E-state index contributed by atoms with van der Waals surface area (Å²) >= 11 is 0. The predicted molar refractivity (Wildman–Crippen MR) is 230 cm³/mol. The minimum atomic E-state index is -0.402. The number of hydrogen-bond donors (Lipinski definition) is 4. The summed E-state index contributed by atoms with van der Waals surface area (Å²) in [5.41, 5.74) is 8.77. The second kappa shape index (κ2) is 21.4. The number of ether oxygens (including phenoxy) is 2. The Balaban J connectivity index is 0.000000189. The van der Waals surface area contributed by atoms with E-state index >= 15 is 0 Å². The number of halogens is 1. The standard InChI is InChI=1S/2C24H26N2O2.ClH/c2*27-23(12-18-5-2-1-3-6-18)13-19-7-4-8-20(11-19)21-14-24(16-25-15-21)28-17-22-9-10-26-22;/h2*1-8,11,14-16,22-23,26-27H,9-10,12-13,17H2;1H/t2*22-,23+;/m00./s1. The summed E-state index contributed by atoms with van der Waals surface area (Å²) in [4.78, 5) is 8.67. The molecule has 8 nitrogen and oxygen atoms in total. The topological polar surface area (TPSA) is 109 Å². The maximum atomic E-state index is 10.5. The SMILES string of the molecule is Cl.O[C@H](Cc1ccccc1)Cc1cccc(-c2cncc(OC[C@@H]3CCN3)c2)c1.O[C@H](Cc1ccccc1)Cc1cccc(-c2cncc(OC[C@@H]3CCN3)c2)c1. The fraction of sp³-hybridized carbons (Fsp3) is 0.292. The molecule has 0 aliphatic carbocycles. The molecule has 2 saturated heterocycles. The molecule has 4 atom stereocenters. The molecule has 6 aromatic rings. The van der Waals surface area contributed by atoms with Crippen molar-refractivity contribution in [2.24, 2.45) is 0 Å². The Morgan fingerprint density at radius 3 is 1.26 bits per heavy atom. The number of aromatic nitrogens is 2. The molecular weight excluding hydrogens is 732 g/mol. The normalized spacial score (nSPS) is 16.7. The molecule has 2 fully saturated rings. The van der Waals surface area contributed by atoms with Gasteiger partial charge in [-0.05, 0) is 97.1 Å². The van der Waals surface area contributed by atoms with E-state index in [1.165, 1.54) is 12.8 Å². The number of hydrogen-bond acceptors (Lipinski definition) is 8. The zero-order valence-corrected chi connectivity index (χ0v) is 33.1. The van der Waals surface area contributed by atoms with Crippen LogP contribution in [0.15, 0.2) is 146 Å².